The fourth-order valence-electron chi connectivity index (χ4n) is 1.12. The first kappa shape index (κ1) is 14.4. The number of Topliss-reactive ketones (excluding diaryl/α,β-unsaturated/α-hetero) is 1. The highest BCUT2D eigenvalue weighted by molar-refractivity contribution is 7.98. The van der Waals surface area contributed by atoms with Crippen molar-refractivity contribution < 1.29 is 9.59 Å². The van der Waals surface area contributed by atoms with E-state index in [0.717, 1.165) is 4.90 Å². The molecule has 92 valence electrons. The Kier molecular flexibility index (Phi) is 5.82. The molecular formula is C11H11Cl2NO2S. The third-order valence-electron chi connectivity index (χ3n) is 2.03. The molecule has 0 saturated carbocycles. The van der Waals surface area contributed by atoms with Crippen LogP contribution in [0.25, 0.3) is 0 Å². The first-order chi connectivity index (χ1) is 8.04. The summed E-state index contributed by atoms with van der Waals surface area (Å²) in [4.78, 5) is 22.6. The molecule has 0 unspecified atom stereocenters. The SMILES string of the molecule is CSc1ccc(C(=O)CNC(=O)C(Cl)Cl)cc1. The minimum Gasteiger partial charge on any atom is -0.346 e. The first-order valence-electron chi connectivity index (χ1n) is 4.77. The van der Waals surface area contributed by atoms with E-state index in [4.69, 9.17) is 23.2 Å². The van der Waals surface area contributed by atoms with Crippen molar-refractivity contribution in [3.05, 3.63) is 29.8 Å². The molecule has 6 heteroatoms. The first-order valence-corrected chi connectivity index (χ1v) is 6.87. The zero-order chi connectivity index (χ0) is 12.8. The van der Waals surface area contributed by atoms with Gasteiger partial charge in [-0.25, -0.2) is 0 Å². The molecule has 1 amide bonds. The number of carbonyl (C=O) groups is 2. The molecule has 0 saturated heterocycles. The molecule has 1 rings (SSSR count). The molecule has 1 aromatic carbocycles. The van der Waals surface area contributed by atoms with Gasteiger partial charge in [0.25, 0.3) is 5.91 Å². The fourth-order valence-corrected chi connectivity index (χ4v) is 1.69. The van der Waals surface area contributed by atoms with Crippen LogP contribution in [-0.4, -0.2) is 29.3 Å². The molecule has 1 aromatic rings. The second-order valence-corrected chi connectivity index (χ2v) is 5.15. The van der Waals surface area contributed by atoms with Gasteiger partial charge in [-0.1, -0.05) is 35.3 Å². The van der Waals surface area contributed by atoms with Gasteiger partial charge in [0.1, 0.15) is 0 Å². The van der Waals surface area contributed by atoms with Crippen LogP contribution in [-0.2, 0) is 4.79 Å². The zero-order valence-corrected chi connectivity index (χ0v) is 11.4. The van der Waals surface area contributed by atoms with Crippen molar-refractivity contribution in [1.82, 2.24) is 5.32 Å². The highest BCUT2D eigenvalue weighted by Gasteiger charge is 2.13. The van der Waals surface area contributed by atoms with Gasteiger partial charge in [0, 0.05) is 10.5 Å². The van der Waals surface area contributed by atoms with Gasteiger partial charge in [0.15, 0.2) is 10.6 Å². The van der Waals surface area contributed by atoms with E-state index >= 15 is 0 Å². The van der Waals surface area contributed by atoms with E-state index in [-0.39, 0.29) is 12.3 Å². The average molecular weight is 292 g/mol. The lowest BCUT2D eigenvalue weighted by Crippen LogP contribution is -2.33. The van der Waals surface area contributed by atoms with E-state index in [0.29, 0.717) is 5.56 Å². The summed E-state index contributed by atoms with van der Waals surface area (Å²) in [6.07, 6.45) is 1.96. The Hall–Kier alpha value is -0.710. The maximum Gasteiger partial charge on any atom is 0.253 e. The number of ketones is 1. The molecule has 0 aliphatic heterocycles. The summed E-state index contributed by atoms with van der Waals surface area (Å²) in [6.45, 7) is -0.104. The van der Waals surface area contributed by atoms with E-state index in [1.165, 1.54) is 0 Å². The maximum atomic E-state index is 11.7. The van der Waals surface area contributed by atoms with Crippen LogP contribution in [0.3, 0.4) is 0 Å². The average Bonchev–Trinajstić information content (AvgIpc) is 2.35. The van der Waals surface area contributed by atoms with Gasteiger partial charge in [-0.2, -0.15) is 0 Å². The lowest BCUT2D eigenvalue weighted by Gasteiger charge is -2.05. The summed E-state index contributed by atoms with van der Waals surface area (Å²) < 4.78 is 0. The number of amides is 1. The van der Waals surface area contributed by atoms with Gasteiger partial charge < -0.3 is 5.32 Å². The number of nitrogens with one attached hydrogen (secondary N) is 1. The van der Waals surface area contributed by atoms with E-state index in [1.807, 2.05) is 18.4 Å². The quantitative estimate of drug-likeness (QED) is 0.515. The molecule has 0 heterocycles. The number of thioether (sulfide) groups is 1. The summed E-state index contributed by atoms with van der Waals surface area (Å²) in [7, 11) is 0. The number of halogens is 2. The largest absolute Gasteiger partial charge is 0.346 e. The number of benzene rings is 1. The topological polar surface area (TPSA) is 46.2 Å². The van der Waals surface area contributed by atoms with Gasteiger partial charge in [0.2, 0.25) is 0 Å². The molecule has 1 N–H and O–H groups in total. The van der Waals surface area contributed by atoms with Gasteiger partial charge in [-0.3, -0.25) is 9.59 Å². The van der Waals surface area contributed by atoms with Crippen molar-refractivity contribution in [1.29, 1.82) is 0 Å². The summed E-state index contributed by atoms with van der Waals surface area (Å²) in [5.41, 5.74) is 0.545. The van der Waals surface area contributed by atoms with E-state index in [9.17, 15) is 9.59 Å². The summed E-state index contributed by atoms with van der Waals surface area (Å²) in [6, 6.07) is 7.15. The second-order valence-electron chi connectivity index (χ2n) is 3.17. The molecule has 17 heavy (non-hydrogen) atoms. The van der Waals surface area contributed by atoms with E-state index < -0.39 is 10.7 Å². The Morgan fingerprint density at radius 2 is 1.88 bits per heavy atom. The standard InChI is InChI=1S/C11H11Cl2NO2S/c1-17-8-4-2-7(3-5-8)9(15)6-14-11(16)10(12)13/h2-5,10H,6H2,1H3,(H,14,16). The normalized spacial score (nSPS) is 10.4. The van der Waals surface area contributed by atoms with Gasteiger partial charge in [0.05, 0.1) is 6.54 Å². The van der Waals surface area contributed by atoms with Crippen molar-refractivity contribution >= 4 is 46.7 Å². The zero-order valence-electron chi connectivity index (χ0n) is 9.07. The minimum absolute atomic E-state index is 0.104. The number of carbonyl (C=O) groups excluding carboxylic acids is 2. The van der Waals surface area contributed by atoms with Crippen molar-refractivity contribution in [2.45, 2.75) is 9.73 Å². The van der Waals surface area contributed by atoms with Gasteiger partial charge in [-0.15, -0.1) is 11.8 Å². The van der Waals surface area contributed by atoms with Crippen LogP contribution >= 0.6 is 35.0 Å². The summed E-state index contributed by atoms with van der Waals surface area (Å²) in [5.74, 6) is -0.748. The monoisotopic (exact) mass is 291 g/mol. The third kappa shape index (κ3) is 4.58. The smallest absolute Gasteiger partial charge is 0.253 e. The predicted molar refractivity (Wildman–Crippen MR) is 71.1 cm³/mol. The minimum atomic E-state index is -1.15. The Morgan fingerprint density at radius 3 is 2.35 bits per heavy atom. The lowest BCUT2D eigenvalue weighted by atomic mass is 10.1. The van der Waals surface area contributed by atoms with Gasteiger partial charge in [-0.05, 0) is 18.4 Å². The fraction of sp³-hybridized carbons (Fsp3) is 0.273. The number of hydrogen-bond donors (Lipinski definition) is 1. The molecule has 0 aliphatic rings. The highest BCUT2D eigenvalue weighted by Crippen LogP contribution is 2.14. The van der Waals surface area contributed by atoms with Crippen LogP contribution in [0.2, 0.25) is 0 Å². The van der Waals surface area contributed by atoms with Crippen LogP contribution in [0.4, 0.5) is 0 Å². The van der Waals surface area contributed by atoms with Crippen molar-refractivity contribution in [2.24, 2.45) is 0 Å². The second kappa shape index (κ2) is 6.89. The predicted octanol–water partition coefficient (Wildman–Crippen LogP) is 2.51. The van der Waals surface area contributed by atoms with Crippen LogP contribution in [0, 0.1) is 0 Å². The Balaban J connectivity index is 2.55. The molecule has 0 spiro atoms. The lowest BCUT2D eigenvalue weighted by molar-refractivity contribution is -0.119. The Morgan fingerprint density at radius 1 is 1.29 bits per heavy atom. The maximum absolute atomic E-state index is 11.7. The van der Waals surface area contributed by atoms with Crippen molar-refractivity contribution in [3.8, 4) is 0 Å². The summed E-state index contributed by atoms with van der Waals surface area (Å²) >= 11 is 12.3. The van der Waals surface area contributed by atoms with Crippen LogP contribution in [0.1, 0.15) is 10.4 Å². The Bertz CT molecular complexity index is 406. The van der Waals surface area contributed by atoms with E-state index in [1.54, 1.807) is 23.9 Å². The van der Waals surface area contributed by atoms with E-state index in [2.05, 4.69) is 5.32 Å². The molecule has 3 nitrogen and oxygen atoms in total. The van der Waals surface area contributed by atoms with Crippen molar-refractivity contribution in [2.75, 3.05) is 12.8 Å². The number of alkyl halides is 2. The molecule has 0 fully saturated rings. The molecule has 0 bridgehead atoms. The molecule has 0 atom stereocenters. The number of rotatable bonds is 5. The Labute approximate surface area is 114 Å². The van der Waals surface area contributed by atoms with Crippen LogP contribution in [0.15, 0.2) is 29.2 Å². The highest BCUT2D eigenvalue weighted by atomic mass is 35.5. The molecule has 0 radical (unpaired) electrons. The molecular weight excluding hydrogens is 281 g/mol. The summed E-state index contributed by atoms with van der Waals surface area (Å²) in [5, 5.41) is 2.35. The third-order valence-corrected chi connectivity index (χ3v) is 3.17. The van der Waals surface area contributed by atoms with Gasteiger partial charge >= 0.3 is 0 Å². The molecule has 0 aromatic heterocycles. The van der Waals surface area contributed by atoms with Crippen LogP contribution < -0.4 is 5.32 Å². The number of hydrogen-bond acceptors (Lipinski definition) is 3. The van der Waals surface area contributed by atoms with Crippen molar-refractivity contribution in [3.63, 3.8) is 0 Å². The van der Waals surface area contributed by atoms with Crippen LogP contribution in [0.5, 0.6) is 0 Å². The molecule has 0 aliphatic carbocycles.